The van der Waals surface area contributed by atoms with Crippen molar-refractivity contribution in [3.8, 4) is 73.2 Å². The highest BCUT2D eigenvalue weighted by atomic mass is 32.1. The number of benzene rings is 9. The van der Waals surface area contributed by atoms with Crippen molar-refractivity contribution in [1.82, 2.24) is 19.5 Å². The molecule has 4 nitrogen and oxygen atoms in total. The average Bonchev–Trinajstić information content (AvgIpc) is 3.91. The van der Waals surface area contributed by atoms with Crippen LogP contribution in [0.15, 0.2) is 218 Å². The molecule has 9 aromatic carbocycles. The molecule has 0 radical (unpaired) electrons. The molecule has 62 heavy (non-hydrogen) atoms. The van der Waals surface area contributed by atoms with Crippen LogP contribution in [0, 0.1) is 0 Å². The molecule has 0 aliphatic heterocycles. The topological polar surface area (TPSA) is 43.6 Å². The van der Waals surface area contributed by atoms with E-state index >= 15 is 0 Å². The molecular weight excluding hydrogens is 773 g/mol. The minimum Gasteiger partial charge on any atom is -0.309 e. The summed E-state index contributed by atoms with van der Waals surface area (Å²) in [5.41, 5.74) is 13.3. The van der Waals surface area contributed by atoms with Gasteiger partial charge >= 0.3 is 0 Å². The third-order valence-corrected chi connectivity index (χ3v) is 13.1. The Morgan fingerprint density at radius 2 is 0.823 bits per heavy atom. The highest BCUT2D eigenvalue weighted by Gasteiger charge is 2.24. The first kappa shape index (κ1) is 35.9. The van der Waals surface area contributed by atoms with Crippen LogP contribution >= 0.6 is 11.3 Å². The molecule has 0 saturated heterocycles. The van der Waals surface area contributed by atoms with Crippen LogP contribution in [0.3, 0.4) is 0 Å². The molecule has 3 aromatic heterocycles. The van der Waals surface area contributed by atoms with Crippen molar-refractivity contribution < 1.29 is 0 Å². The van der Waals surface area contributed by atoms with Gasteiger partial charge in [-0.1, -0.05) is 176 Å². The van der Waals surface area contributed by atoms with E-state index in [4.69, 9.17) is 15.0 Å². The molecule has 0 saturated carbocycles. The van der Waals surface area contributed by atoms with E-state index in [2.05, 4.69) is 205 Å². The normalized spacial score (nSPS) is 11.5. The van der Waals surface area contributed by atoms with Crippen LogP contribution in [0.4, 0.5) is 0 Å². The Morgan fingerprint density at radius 1 is 0.306 bits per heavy atom. The van der Waals surface area contributed by atoms with Crippen molar-refractivity contribution in [3.63, 3.8) is 0 Å². The maximum absolute atomic E-state index is 5.51. The Morgan fingerprint density at radius 3 is 1.50 bits per heavy atom. The van der Waals surface area contributed by atoms with Gasteiger partial charge in [-0.05, 0) is 70.3 Å². The fraction of sp³-hybridized carbons (Fsp3) is 0. The Balaban J connectivity index is 1.18. The largest absolute Gasteiger partial charge is 0.309 e. The zero-order chi connectivity index (χ0) is 41.0. The average molecular weight is 809 g/mol. The van der Waals surface area contributed by atoms with Gasteiger partial charge in [-0.15, -0.1) is 11.3 Å². The summed E-state index contributed by atoms with van der Waals surface area (Å²) < 4.78 is 4.76. The number of rotatable bonds is 7. The molecule has 0 unspecified atom stereocenters. The maximum Gasteiger partial charge on any atom is 0.164 e. The molecule has 5 heteroatoms. The summed E-state index contributed by atoms with van der Waals surface area (Å²) in [4.78, 5) is 16.2. The van der Waals surface area contributed by atoms with E-state index in [1.54, 1.807) is 0 Å². The zero-order valence-electron chi connectivity index (χ0n) is 33.5. The van der Waals surface area contributed by atoms with E-state index in [9.17, 15) is 0 Å². The summed E-state index contributed by atoms with van der Waals surface area (Å²) in [6, 6.07) is 77.3. The highest BCUT2D eigenvalue weighted by molar-refractivity contribution is 7.27. The summed E-state index contributed by atoms with van der Waals surface area (Å²) in [6.07, 6.45) is 0. The number of fused-ring (bicyclic) bond motifs is 6. The summed E-state index contributed by atoms with van der Waals surface area (Å²) >= 11 is 1.85. The van der Waals surface area contributed by atoms with E-state index in [0.29, 0.717) is 17.5 Å². The van der Waals surface area contributed by atoms with E-state index in [0.717, 1.165) is 55.1 Å². The third-order valence-electron chi connectivity index (χ3n) is 11.9. The molecule has 0 aliphatic carbocycles. The van der Waals surface area contributed by atoms with Crippen molar-refractivity contribution in [2.45, 2.75) is 0 Å². The summed E-state index contributed by atoms with van der Waals surface area (Å²) in [6.45, 7) is 0. The minimum atomic E-state index is 0.629. The summed E-state index contributed by atoms with van der Waals surface area (Å²) in [5.74, 6) is 1.89. The first-order valence-corrected chi connectivity index (χ1v) is 21.7. The standard InChI is InChI=1S/C57H36N4S/c1-6-19-37(20-7-1)41-35-47(39-23-10-3-11-24-39)53-48(36-41)52-46(34-33-43(54(52)62-53)38-21-8-2-9-22-38)57-59-55(40-25-12-4-13-26-40)58-56(60-57)45-30-18-32-50-51(45)44-29-16-17-31-49(44)61(50)42-27-14-5-15-28-42/h1-36H. The van der Waals surface area contributed by atoms with Gasteiger partial charge in [0.1, 0.15) is 0 Å². The predicted octanol–water partition coefficient (Wildman–Crippen LogP) is 15.3. The van der Waals surface area contributed by atoms with Crippen LogP contribution < -0.4 is 0 Å². The molecule has 0 spiro atoms. The van der Waals surface area contributed by atoms with Gasteiger partial charge in [-0.3, -0.25) is 0 Å². The smallest absolute Gasteiger partial charge is 0.164 e. The lowest BCUT2D eigenvalue weighted by Crippen LogP contribution is -2.01. The second-order valence-electron chi connectivity index (χ2n) is 15.5. The second-order valence-corrected chi connectivity index (χ2v) is 16.5. The minimum absolute atomic E-state index is 0.629. The number of hydrogen-bond donors (Lipinski definition) is 0. The number of nitrogens with zero attached hydrogens (tertiary/aromatic N) is 4. The Labute approximate surface area is 362 Å². The van der Waals surface area contributed by atoms with Gasteiger partial charge in [0.05, 0.1) is 11.0 Å². The van der Waals surface area contributed by atoms with Gasteiger partial charge in [0.2, 0.25) is 0 Å². The van der Waals surface area contributed by atoms with Crippen molar-refractivity contribution >= 4 is 53.3 Å². The molecule has 290 valence electrons. The molecule has 0 bridgehead atoms. The maximum atomic E-state index is 5.51. The fourth-order valence-electron chi connectivity index (χ4n) is 9.04. The Hall–Kier alpha value is -7.99. The van der Waals surface area contributed by atoms with Crippen molar-refractivity contribution in [2.75, 3.05) is 0 Å². The quantitative estimate of drug-likeness (QED) is 0.161. The number of aromatic nitrogens is 4. The van der Waals surface area contributed by atoms with Gasteiger partial charge in [0.25, 0.3) is 0 Å². The van der Waals surface area contributed by atoms with Crippen molar-refractivity contribution in [3.05, 3.63) is 218 Å². The SMILES string of the molecule is c1ccc(-c2cc(-c3ccccc3)c3sc4c(-c5ccccc5)ccc(-c5nc(-c6ccccc6)nc(-c6cccc7c6c6ccccc6n7-c6ccccc6)n5)c4c3c2)cc1. The van der Waals surface area contributed by atoms with Gasteiger partial charge < -0.3 is 4.57 Å². The first-order chi connectivity index (χ1) is 30.8. The van der Waals surface area contributed by atoms with Crippen molar-refractivity contribution in [2.24, 2.45) is 0 Å². The zero-order valence-corrected chi connectivity index (χ0v) is 34.3. The van der Waals surface area contributed by atoms with Crippen LogP contribution in [0.2, 0.25) is 0 Å². The van der Waals surface area contributed by atoms with E-state index < -0.39 is 0 Å². The molecule has 3 heterocycles. The molecule has 0 amide bonds. The van der Waals surface area contributed by atoms with Gasteiger partial charge in [-0.2, -0.15) is 0 Å². The van der Waals surface area contributed by atoms with E-state index in [1.165, 1.54) is 42.6 Å². The monoisotopic (exact) mass is 808 g/mol. The highest BCUT2D eigenvalue weighted by Crippen LogP contribution is 2.49. The first-order valence-electron chi connectivity index (χ1n) is 20.9. The third kappa shape index (κ3) is 6.01. The molecular formula is C57H36N4S. The number of thiophene rings is 1. The predicted molar refractivity (Wildman–Crippen MR) is 260 cm³/mol. The number of para-hydroxylation sites is 2. The Bertz CT molecular complexity index is 3600. The van der Waals surface area contributed by atoms with Crippen molar-refractivity contribution in [1.29, 1.82) is 0 Å². The van der Waals surface area contributed by atoms with Crippen LogP contribution in [-0.4, -0.2) is 19.5 Å². The van der Waals surface area contributed by atoms with Crippen LogP contribution in [0.25, 0.3) is 115 Å². The molecule has 0 atom stereocenters. The van der Waals surface area contributed by atoms with E-state index in [-0.39, 0.29) is 0 Å². The van der Waals surface area contributed by atoms with Gasteiger partial charge in [-0.25, -0.2) is 15.0 Å². The fourth-order valence-corrected chi connectivity index (χ4v) is 10.4. The molecule has 0 N–H and O–H groups in total. The molecule has 0 fully saturated rings. The lowest BCUT2D eigenvalue weighted by atomic mass is 9.93. The van der Waals surface area contributed by atoms with Gasteiger partial charge in [0.15, 0.2) is 17.5 Å². The Kier molecular flexibility index (Phi) is 8.65. The molecule has 0 aliphatic rings. The number of hydrogen-bond acceptors (Lipinski definition) is 4. The van der Waals surface area contributed by atoms with Gasteiger partial charge in [0, 0.05) is 58.9 Å². The lowest BCUT2D eigenvalue weighted by molar-refractivity contribution is 1.08. The molecule has 12 aromatic rings. The second kappa shape index (κ2) is 14.9. The lowest BCUT2D eigenvalue weighted by Gasteiger charge is -2.13. The van der Waals surface area contributed by atoms with Crippen LogP contribution in [0.5, 0.6) is 0 Å². The van der Waals surface area contributed by atoms with Crippen LogP contribution in [0.1, 0.15) is 0 Å². The van der Waals surface area contributed by atoms with E-state index in [1.807, 2.05) is 29.5 Å². The summed E-state index contributed by atoms with van der Waals surface area (Å²) in [7, 11) is 0. The summed E-state index contributed by atoms with van der Waals surface area (Å²) in [5, 5.41) is 4.56. The molecule has 12 rings (SSSR count). The van der Waals surface area contributed by atoms with Crippen LogP contribution in [-0.2, 0) is 0 Å².